The van der Waals surface area contributed by atoms with Gasteiger partial charge < -0.3 is 11.1 Å². The zero-order chi connectivity index (χ0) is 21.1. The monoisotopic (exact) mass is 394 g/mol. The Labute approximate surface area is 178 Å². The smallest absolute Gasteiger partial charge is 0.00981 e. The molecule has 1 aliphatic carbocycles. The minimum atomic E-state index is 0.451. The van der Waals surface area contributed by atoms with Gasteiger partial charge in [-0.1, -0.05) is 73.6 Å². The van der Waals surface area contributed by atoms with Gasteiger partial charge in [0.15, 0.2) is 0 Å². The molecule has 1 aliphatic rings. The lowest BCUT2D eigenvalue weighted by atomic mass is 9.73. The minimum absolute atomic E-state index is 0.451. The Kier molecular flexibility index (Phi) is 13.0. The van der Waals surface area contributed by atoms with Crippen molar-refractivity contribution in [1.82, 2.24) is 5.32 Å². The van der Waals surface area contributed by atoms with E-state index in [2.05, 4.69) is 53.8 Å². The van der Waals surface area contributed by atoms with Crippen LogP contribution in [0.25, 0.3) is 0 Å². The van der Waals surface area contributed by atoms with Crippen molar-refractivity contribution < 1.29 is 0 Å². The summed E-state index contributed by atoms with van der Waals surface area (Å²) in [6.45, 7) is 17.0. The molecule has 0 aromatic rings. The molecule has 0 aliphatic heterocycles. The summed E-state index contributed by atoms with van der Waals surface area (Å²) in [6.07, 6.45) is 14.5. The topological polar surface area (TPSA) is 38.0 Å². The van der Waals surface area contributed by atoms with Crippen molar-refractivity contribution in [2.75, 3.05) is 0 Å². The third-order valence-electron chi connectivity index (χ3n) is 7.87. The highest BCUT2D eigenvalue weighted by atomic mass is 15.0. The highest BCUT2D eigenvalue weighted by molar-refractivity contribution is 4.87. The van der Waals surface area contributed by atoms with E-state index >= 15 is 0 Å². The molecular weight excluding hydrogens is 340 g/mol. The van der Waals surface area contributed by atoms with Crippen molar-refractivity contribution in [2.45, 2.75) is 137 Å². The molecule has 0 aromatic carbocycles. The maximum absolute atomic E-state index is 6.16. The van der Waals surface area contributed by atoms with E-state index in [1.807, 2.05) is 0 Å². The first kappa shape index (κ1) is 26.0. The van der Waals surface area contributed by atoms with Crippen molar-refractivity contribution in [1.29, 1.82) is 0 Å². The van der Waals surface area contributed by atoms with Crippen LogP contribution < -0.4 is 11.1 Å². The number of rotatable bonds is 14. The van der Waals surface area contributed by atoms with E-state index in [0.29, 0.717) is 18.1 Å². The standard InChI is InChI=1S/C26H54N2/c1-8-11-13-20(6)26(18-25(19(4)5)22(10-3)12-9-2)28-21(7)23-14-16-24(27)17-15-23/h19-26,28H,8-18,27H2,1-7H3/t20?,21?,22?,23?,24?,25?,26-/m0/s1. The molecule has 4 unspecified atom stereocenters. The van der Waals surface area contributed by atoms with Gasteiger partial charge in [-0.15, -0.1) is 0 Å². The Hall–Kier alpha value is -0.0800. The van der Waals surface area contributed by atoms with Gasteiger partial charge in [-0.05, 0) is 75.0 Å². The summed E-state index contributed by atoms with van der Waals surface area (Å²) in [7, 11) is 0. The summed E-state index contributed by atoms with van der Waals surface area (Å²) in [5.74, 6) is 4.10. The number of nitrogens with one attached hydrogen (secondary N) is 1. The molecule has 0 aromatic heterocycles. The second-order valence-corrected chi connectivity index (χ2v) is 10.5. The third-order valence-corrected chi connectivity index (χ3v) is 7.87. The number of hydrogen-bond donors (Lipinski definition) is 2. The highest BCUT2D eigenvalue weighted by Crippen LogP contribution is 2.34. The summed E-state index contributed by atoms with van der Waals surface area (Å²) in [5, 5.41) is 4.18. The van der Waals surface area contributed by atoms with Gasteiger partial charge in [0, 0.05) is 18.1 Å². The van der Waals surface area contributed by atoms with Crippen LogP contribution >= 0.6 is 0 Å². The van der Waals surface area contributed by atoms with Crippen LogP contribution in [0.5, 0.6) is 0 Å². The molecule has 1 rings (SSSR count). The van der Waals surface area contributed by atoms with Gasteiger partial charge >= 0.3 is 0 Å². The van der Waals surface area contributed by atoms with E-state index in [9.17, 15) is 0 Å². The van der Waals surface area contributed by atoms with E-state index < -0.39 is 0 Å². The van der Waals surface area contributed by atoms with Crippen molar-refractivity contribution in [3.8, 4) is 0 Å². The highest BCUT2D eigenvalue weighted by Gasteiger charge is 2.31. The summed E-state index contributed by atoms with van der Waals surface area (Å²) in [4.78, 5) is 0. The number of unbranched alkanes of at least 4 members (excludes halogenated alkanes) is 1. The molecule has 0 heterocycles. The van der Waals surface area contributed by atoms with Gasteiger partial charge in [-0.3, -0.25) is 0 Å². The molecule has 168 valence electrons. The van der Waals surface area contributed by atoms with E-state index in [1.165, 1.54) is 70.6 Å². The zero-order valence-electron chi connectivity index (χ0n) is 20.5. The van der Waals surface area contributed by atoms with Gasteiger partial charge in [-0.25, -0.2) is 0 Å². The van der Waals surface area contributed by atoms with E-state index in [-0.39, 0.29) is 0 Å². The van der Waals surface area contributed by atoms with E-state index in [1.54, 1.807) is 0 Å². The summed E-state index contributed by atoms with van der Waals surface area (Å²) in [6, 6.07) is 1.74. The Bertz CT molecular complexity index is 373. The predicted octanol–water partition coefficient (Wildman–Crippen LogP) is 7.17. The van der Waals surface area contributed by atoms with E-state index in [0.717, 1.165) is 29.6 Å². The van der Waals surface area contributed by atoms with Crippen molar-refractivity contribution >= 4 is 0 Å². The van der Waals surface area contributed by atoms with Gasteiger partial charge in [0.1, 0.15) is 0 Å². The van der Waals surface area contributed by atoms with Crippen LogP contribution in [0.2, 0.25) is 0 Å². The van der Waals surface area contributed by atoms with Crippen LogP contribution in [-0.2, 0) is 0 Å². The van der Waals surface area contributed by atoms with Gasteiger partial charge in [-0.2, -0.15) is 0 Å². The van der Waals surface area contributed by atoms with E-state index in [4.69, 9.17) is 5.73 Å². The third kappa shape index (κ3) is 8.74. The van der Waals surface area contributed by atoms with Crippen LogP contribution in [0.4, 0.5) is 0 Å². The average Bonchev–Trinajstić information content (AvgIpc) is 2.67. The zero-order valence-corrected chi connectivity index (χ0v) is 20.5. The molecule has 0 saturated heterocycles. The Morgan fingerprint density at radius 2 is 1.54 bits per heavy atom. The molecule has 5 atom stereocenters. The van der Waals surface area contributed by atoms with Crippen molar-refractivity contribution in [3.63, 3.8) is 0 Å². The molecule has 2 heteroatoms. The first-order valence-corrected chi connectivity index (χ1v) is 12.8. The lowest BCUT2D eigenvalue weighted by molar-refractivity contribution is 0.154. The van der Waals surface area contributed by atoms with Crippen molar-refractivity contribution in [2.24, 2.45) is 35.3 Å². The second kappa shape index (κ2) is 14.0. The molecule has 0 amide bonds. The first-order chi connectivity index (χ1) is 13.3. The fourth-order valence-electron chi connectivity index (χ4n) is 5.70. The van der Waals surface area contributed by atoms with Gasteiger partial charge in [0.25, 0.3) is 0 Å². The van der Waals surface area contributed by atoms with Gasteiger partial charge in [0.2, 0.25) is 0 Å². The van der Waals surface area contributed by atoms with Crippen LogP contribution in [0.15, 0.2) is 0 Å². The summed E-state index contributed by atoms with van der Waals surface area (Å²) in [5.41, 5.74) is 6.16. The normalized spacial score (nSPS) is 26.0. The molecule has 1 fully saturated rings. The Morgan fingerprint density at radius 3 is 2.04 bits per heavy atom. The average molecular weight is 395 g/mol. The predicted molar refractivity (Wildman–Crippen MR) is 127 cm³/mol. The minimum Gasteiger partial charge on any atom is -0.328 e. The van der Waals surface area contributed by atoms with Crippen LogP contribution in [0.3, 0.4) is 0 Å². The largest absolute Gasteiger partial charge is 0.328 e. The lowest BCUT2D eigenvalue weighted by Gasteiger charge is -2.39. The van der Waals surface area contributed by atoms with Crippen LogP contribution in [-0.4, -0.2) is 18.1 Å². The van der Waals surface area contributed by atoms with Crippen LogP contribution in [0.1, 0.15) is 119 Å². The molecule has 1 saturated carbocycles. The summed E-state index contributed by atoms with van der Waals surface area (Å²) < 4.78 is 0. The summed E-state index contributed by atoms with van der Waals surface area (Å²) >= 11 is 0. The number of hydrogen-bond acceptors (Lipinski definition) is 2. The SMILES string of the molecule is CCCCC(C)[C@H](CC(C(C)C)C(CC)CCC)NC(C)C1CCC(N)CC1. The maximum atomic E-state index is 6.16. The molecule has 3 N–H and O–H groups in total. The Balaban J connectivity index is 2.84. The van der Waals surface area contributed by atoms with Crippen LogP contribution in [0, 0.1) is 29.6 Å². The first-order valence-electron chi connectivity index (χ1n) is 12.8. The maximum Gasteiger partial charge on any atom is 0.00981 e. The molecule has 0 radical (unpaired) electrons. The fourth-order valence-corrected chi connectivity index (χ4v) is 5.70. The molecule has 2 nitrogen and oxygen atoms in total. The second-order valence-electron chi connectivity index (χ2n) is 10.5. The molecular formula is C26H54N2. The quantitative estimate of drug-likeness (QED) is 0.328. The lowest BCUT2D eigenvalue weighted by Crippen LogP contribution is -2.47. The molecule has 28 heavy (non-hydrogen) atoms. The fraction of sp³-hybridized carbons (Fsp3) is 1.00. The number of nitrogens with two attached hydrogens (primary N) is 1. The Morgan fingerprint density at radius 1 is 0.893 bits per heavy atom. The molecule has 0 bridgehead atoms. The van der Waals surface area contributed by atoms with Crippen molar-refractivity contribution in [3.05, 3.63) is 0 Å². The van der Waals surface area contributed by atoms with Gasteiger partial charge in [0.05, 0.1) is 0 Å². The molecule has 0 spiro atoms.